The van der Waals surface area contributed by atoms with Crippen LogP contribution in [-0.2, 0) is 10.3 Å². The lowest BCUT2D eigenvalue weighted by Gasteiger charge is -2.36. The summed E-state index contributed by atoms with van der Waals surface area (Å²) in [6.07, 6.45) is 2.04. The third-order valence-corrected chi connectivity index (χ3v) is 3.19. The van der Waals surface area contributed by atoms with Crippen LogP contribution in [0.4, 0.5) is 0 Å². The van der Waals surface area contributed by atoms with Crippen LogP contribution in [0.25, 0.3) is 0 Å². The summed E-state index contributed by atoms with van der Waals surface area (Å²) in [6.45, 7) is 4.86. The minimum atomic E-state index is -0.264. The highest BCUT2D eigenvalue weighted by atomic mass is 16.5. The van der Waals surface area contributed by atoms with Gasteiger partial charge in [0.25, 0.3) is 0 Å². The Morgan fingerprint density at radius 1 is 1.47 bits per heavy atom. The smallest absolute Gasteiger partial charge is 0.135 e. The molecule has 1 aromatic heterocycles. The van der Waals surface area contributed by atoms with Gasteiger partial charge in [-0.15, -0.1) is 0 Å². The fraction of sp³-hybridized carbons (Fsp3) is 0.667. The van der Waals surface area contributed by atoms with E-state index in [0.29, 0.717) is 6.04 Å². The SMILES string of the molecule is CNC1CCOC(C)(c2ccc(C)o2)C1. The van der Waals surface area contributed by atoms with Gasteiger partial charge in [0.15, 0.2) is 0 Å². The van der Waals surface area contributed by atoms with Gasteiger partial charge in [-0.1, -0.05) is 0 Å². The van der Waals surface area contributed by atoms with Crippen molar-refractivity contribution in [3.05, 3.63) is 23.7 Å². The van der Waals surface area contributed by atoms with Crippen molar-refractivity contribution in [2.45, 2.75) is 38.3 Å². The number of nitrogens with one attached hydrogen (secondary N) is 1. The van der Waals surface area contributed by atoms with Crippen molar-refractivity contribution >= 4 is 0 Å². The Kier molecular flexibility index (Phi) is 2.85. The summed E-state index contributed by atoms with van der Waals surface area (Å²) >= 11 is 0. The molecule has 84 valence electrons. The van der Waals surface area contributed by atoms with Crippen LogP contribution in [0.5, 0.6) is 0 Å². The summed E-state index contributed by atoms with van der Waals surface area (Å²) in [6, 6.07) is 4.54. The van der Waals surface area contributed by atoms with E-state index < -0.39 is 0 Å². The molecule has 2 heterocycles. The number of rotatable bonds is 2. The molecule has 0 amide bonds. The molecule has 0 saturated carbocycles. The molecule has 1 fully saturated rings. The average molecular weight is 209 g/mol. The van der Waals surface area contributed by atoms with E-state index in [1.165, 1.54) is 0 Å². The second-order valence-electron chi connectivity index (χ2n) is 4.47. The van der Waals surface area contributed by atoms with Crippen LogP contribution in [-0.4, -0.2) is 19.7 Å². The molecular formula is C12H19NO2. The van der Waals surface area contributed by atoms with E-state index in [2.05, 4.69) is 12.2 Å². The first-order valence-corrected chi connectivity index (χ1v) is 5.52. The van der Waals surface area contributed by atoms with Crippen molar-refractivity contribution in [1.29, 1.82) is 0 Å². The monoisotopic (exact) mass is 209 g/mol. The van der Waals surface area contributed by atoms with Crippen molar-refractivity contribution in [1.82, 2.24) is 5.32 Å². The van der Waals surface area contributed by atoms with Crippen molar-refractivity contribution in [2.24, 2.45) is 0 Å². The molecule has 3 nitrogen and oxygen atoms in total. The Hall–Kier alpha value is -0.800. The first-order valence-electron chi connectivity index (χ1n) is 5.52. The fourth-order valence-corrected chi connectivity index (χ4v) is 2.19. The predicted octanol–water partition coefficient (Wildman–Crippen LogP) is 2.20. The van der Waals surface area contributed by atoms with Crippen LogP contribution < -0.4 is 5.32 Å². The molecule has 2 rings (SSSR count). The lowest BCUT2D eigenvalue weighted by atomic mass is 9.90. The molecule has 0 aromatic carbocycles. The van der Waals surface area contributed by atoms with Gasteiger partial charge < -0.3 is 14.5 Å². The minimum absolute atomic E-state index is 0.264. The molecule has 3 heteroatoms. The van der Waals surface area contributed by atoms with Crippen LogP contribution >= 0.6 is 0 Å². The second-order valence-corrected chi connectivity index (χ2v) is 4.47. The van der Waals surface area contributed by atoms with Crippen molar-refractivity contribution < 1.29 is 9.15 Å². The Bertz CT molecular complexity index is 334. The molecule has 1 N–H and O–H groups in total. The molecule has 0 bridgehead atoms. The van der Waals surface area contributed by atoms with Crippen LogP contribution in [0.15, 0.2) is 16.5 Å². The van der Waals surface area contributed by atoms with Gasteiger partial charge in [-0.25, -0.2) is 0 Å². The van der Waals surface area contributed by atoms with Crippen LogP contribution in [0.1, 0.15) is 31.3 Å². The maximum absolute atomic E-state index is 5.86. The van der Waals surface area contributed by atoms with Crippen LogP contribution in [0, 0.1) is 6.92 Å². The fourth-order valence-electron chi connectivity index (χ4n) is 2.19. The Morgan fingerprint density at radius 3 is 2.87 bits per heavy atom. The van der Waals surface area contributed by atoms with E-state index in [-0.39, 0.29) is 5.60 Å². The number of aryl methyl sites for hydroxylation is 1. The molecule has 0 aliphatic carbocycles. The Morgan fingerprint density at radius 2 is 2.27 bits per heavy atom. The predicted molar refractivity (Wildman–Crippen MR) is 58.8 cm³/mol. The lowest BCUT2D eigenvalue weighted by Crippen LogP contribution is -2.42. The standard InChI is InChI=1S/C12H19NO2/c1-9-4-5-11(15-9)12(2)8-10(13-3)6-7-14-12/h4-5,10,13H,6-8H2,1-3H3. The zero-order valence-electron chi connectivity index (χ0n) is 9.67. The number of furan rings is 1. The topological polar surface area (TPSA) is 34.4 Å². The molecule has 2 atom stereocenters. The molecule has 0 spiro atoms. The quantitative estimate of drug-likeness (QED) is 0.811. The highest BCUT2D eigenvalue weighted by molar-refractivity contribution is 5.14. The Labute approximate surface area is 90.8 Å². The molecule has 1 aliphatic rings. The van der Waals surface area contributed by atoms with Gasteiger partial charge in [-0.05, 0) is 45.9 Å². The second kappa shape index (κ2) is 3.99. The van der Waals surface area contributed by atoms with Crippen LogP contribution in [0.3, 0.4) is 0 Å². The lowest BCUT2D eigenvalue weighted by molar-refractivity contribution is -0.0931. The maximum Gasteiger partial charge on any atom is 0.135 e. The first kappa shape index (κ1) is 10.7. The van der Waals surface area contributed by atoms with Gasteiger partial charge in [0, 0.05) is 12.6 Å². The van der Waals surface area contributed by atoms with Gasteiger partial charge in [0.1, 0.15) is 17.1 Å². The molecule has 1 aromatic rings. The highest BCUT2D eigenvalue weighted by Crippen LogP contribution is 2.35. The normalized spacial score (nSPS) is 31.8. The van der Waals surface area contributed by atoms with Crippen molar-refractivity contribution in [3.63, 3.8) is 0 Å². The average Bonchev–Trinajstić information content (AvgIpc) is 2.65. The third kappa shape index (κ3) is 2.08. The highest BCUT2D eigenvalue weighted by Gasteiger charge is 2.36. The number of hydrogen-bond acceptors (Lipinski definition) is 3. The third-order valence-electron chi connectivity index (χ3n) is 3.19. The molecule has 15 heavy (non-hydrogen) atoms. The van der Waals surface area contributed by atoms with E-state index in [1.807, 2.05) is 26.1 Å². The van der Waals surface area contributed by atoms with Gasteiger partial charge in [0.2, 0.25) is 0 Å². The minimum Gasteiger partial charge on any atom is -0.463 e. The summed E-state index contributed by atoms with van der Waals surface area (Å²) in [5.74, 6) is 1.89. The van der Waals surface area contributed by atoms with E-state index in [0.717, 1.165) is 31.0 Å². The molecule has 0 radical (unpaired) electrons. The Balaban J connectivity index is 2.18. The van der Waals surface area contributed by atoms with Crippen LogP contribution in [0.2, 0.25) is 0 Å². The van der Waals surface area contributed by atoms with E-state index in [9.17, 15) is 0 Å². The number of hydrogen-bond donors (Lipinski definition) is 1. The summed E-state index contributed by atoms with van der Waals surface area (Å²) in [5.41, 5.74) is -0.264. The molecule has 1 aliphatic heterocycles. The van der Waals surface area contributed by atoms with Gasteiger partial charge >= 0.3 is 0 Å². The zero-order valence-corrected chi connectivity index (χ0v) is 9.67. The van der Waals surface area contributed by atoms with Crippen molar-refractivity contribution in [3.8, 4) is 0 Å². The summed E-state index contributed by atoms with van der Waals surface area (Å²) in [5, 5.41) is 3.31. The zero-order chi connectivity index (χ0) is 10.9. The molecular weight excluding hydrogens is 190 g/mol. The van der Waals surface area contributed by atoms with Gasteiger partial charge in [-0.3, -0.25) is 0 Å². The summed E-state index contributed by atoms with van der Waals surface area (Å²) in [7, 11) is 2.00. The van der Waals surface area contributed by atoms with Gasteiger partial charge in [0.05, 0.1) is 0 Å². The summed E-state index contributed by atoms with van der Waals surface area (Å²) in [4.78, 5) is 0. The van der Waals surface area contributed by atoms with E-state index in [1.54, 1.807) is 0 Å². The van der Waals surface area contributed by atoms with E-state index >= 15 is 0 Å². The largest absolute Gasteiger partial charge is 0.463 e. The molecule has 1 saturated heterocycles. The molecule has 2 unspecified atom stereocenters. The maximum atomic E-state index is 5.86. The van der Waals surface area contributed by atoms with E-state index in [4.69, 9.17) is 9.15 Å². The van der Waals surface area contributed by atoms with Crippen molar-refractivity contribution in [2.75, 3.05) is 13.7 Å². The number of ether oxygens (including phenoxy) is 1. The summed E-state index contributed by atoms with van der Waals surface area (Å²) < 4.78 is 11.5. The first-order chi connectivity index (χ1) is 7.14. The van der Waals surface area contributed by atoms with Gasteiger partial charge in [-0.2, -0.15) is 0 Å².